The number of anilines is 1. The molecule has 0 spiro atoms. The van der Waals surface area contributed by atoms with Crippen LogP contribution < -0.4 is 5.73 Å². The minimum atomic E-state index is -3.27. The number of nitrogens with zero attached hydrogens (tertiary/aromatic N) is 4. The van der Waals surface area contributed by atoms with E-state index in [1.54, 1.807) is 20.2 Å². The van der Waals surface area contributed by atoms with Crippen LogP contribution in [0.2, 0.25) is 5.15 Å². The van der Waals surface area contributed by atoms with Crippen LogP contribution in [-0.2, 0) is 24.9 Å². The fourth-order valence-electron chi connectivity index (χ4n) is 2.93. The van der Waals surface area contributed by atoms with Crippen LogP contribution in [0.3, 0.4) is 0 Å². The largest absolute Gasteiger partial charge is 0.368 e. The van der Waals surface area contributed by atoms with Crippen LogP contribution in [0.1, 0.15) is 26.7 Å². The zero-order valence-electron chi connectivity index (χ0n) is 14.1. The van der Waals surface area contributed by atoms with Crippen LogP contribution in [0, 0.1) is 0 Å². The Morgan fingerprint density at radius 2 is 2.08 bits per heavy atom. The average Bonchev–Trinajstić information content (AvgIpc) is 3.16. The molecule has 0 unspecified atom stereocenters. The van der Waals surface area contributed by atoms with Crippen LogP contribution in [0.4, 0.5) is 5.95 Å². The van der Waals surface area contributed by atoms with Gasteiger partial charge in [-0.1, -0.05) is 11.6 Å². The Bertz CT molecular complexity index is 791. The molecule has 3 rings (SSSR count). The van der Waals surface area contributed by atoms with Gasteiger partial charge in [-0.2, -0.15) is 9.97 Å². The zero-order valence-corrected chi connectivity index (χ0v) is 15.7. The highest BCUT2D eigenvalue weighted by atomic mass is 35.5. The second-order valence-electron chi connectivity index (χ2n) is 5.61. The van der Waals surface area contributed by atoms with Crippen molar-refractivity contribution in [2.24, 2.45) is 0 Å². The lowest BCUT2D eigenvalue weighted by atomic mass is 10.2. The van der Waals surface area contributed by atoms with E-state index >= 15 is 0 Å². The molecule has 0 radical (unpaired) electrons. The Labute approximate surface area is 150 Å². The highest BCUT2D eigenvalue weighted by Gasteiger charge is 2.42. The van der Waals surface area contributed by atoms with E-state index in [4.69, 9.17) is 31.1 Å². The molecule has 1 fully saturated rings. The van der Waals surface area contributed by atoms with Gasteiger partial charge in [0.25, 0.3) is 0 Å². The number of hydrogen-bond donors (Lipinski definition) is 1. The Morgan fingerprint density at radius 1 is 1.36 bits per heavy atom. The summed E-state index contributed by atoms with van der Waals surface area (Å²) in [5, 5.41) is 0.240. The van der Waals surface area contributed by atoms with Crippen molar-refractivity contribution in [2.75, 3.05) is 18.9 Å². The van der Waals surface area contributed by atoms with E-state index in [1.165, 1.54) is 0 Å². The first-order chi connectivity index (χ1) is 12.0. The number of nitrogens with two attached hydrogens (primary N) is 1. The predicted octanol–water partition coefficient (Wildman–Crippen LogP) is 2.83. The molecule has 11 heteroatoms. The summed E-state index contributed by atoms with van der Waals surface area (Å²) < 4.78 is 31.3. The van der Waals surface area contributed by atoms with E-state index in [2.05, 4.69) is 15.0 Å². The van der Waals surface area contributed by atoms with Crippen molar-refractivity contribution < 1.29 is 18.3 Å². The van der Waals surface area contributed by atoms with E-state index in [1.807, 2.05) is 4.57 Å². The quantitative estimate of drug-likeness (QED) is 0.567. The first-order valence-electron chi connectivity index (χ1n) is 8.15. The van der Waals surface area contributed by atoms with Gasteiger partial charge in [0.1, 0.15) is 5.52 Å². The highest BCUT2D eigenvalue weighted by Crippen LogP contribution is 2.57. The van der Waals surface area contributed by atoms with Crippen molar-refractivity contribution in [3.8, 4) is 0 Å². The van der Waals surface area contributed by atoms with Gasteiger partial charge in [-0.15, -0.1) is 0 Å². The van der Waals surface area contributed by atoms with Crippen LogP contribution >= 0.6 is 19.2 Å². The molecule has 138 valence electrons. The summed E-state index contributed by atoms with van der Waals surface area (Å²) in [5.41, 5.74) is 6.61. The van der Waals surface area contributed by atoms with E-state index in [9.17, 15) is 4.57 Å². The number of aromatic nitrogens is 4. The van der Waals surface area contributed by atoms with Gasteiger partial charge >= 0.3 is 7.60 Å². The molecular formula is C14H21ClN5O4P. The monoisotopic (exact) mass is 389 g/mol. The minimum Gasteiger partial charge on any atom is -0.368 e. The maximum atomic E-state index is 12.8. The van der Waals surface area contributed by atoms with Crippen molar-refractivity contribution in [3.05, 3.63) is 11.5 Å². The van der Waals surface area contributed by atoms with Gasteiger partial charge in [-0.25, -0.2) is 4.98 Å². The van der Waals surface area contributed by atoms with Crippen LogP contribution in [0.15, 0.2) is 6.33 Å². The van der Waals surface area contributed by atoms with E-state index in [0.29, 0.717) is 37.3 Å². The average molecular weight is 390 g/mol. The molecule has 1 saturated heterocycles. The number of imidazole rings is 1. The van der Waals surface area contributed by atoms with Gasteiger partial charge < -0.3 is 24.1 Å². The van der Waals surface area contributed by atoms with Gasteiger partial charge in [0.2, 0.25) is 5.95 Å². The third-order valence-electron chi connectivity index (χ3n) is 3.90. The normalized spacial score (nSPS) is 21.2. The van der Waals surface area contributed by atoms with Gasteiger partial charge in [0.15, 0.2) is 16.6 Å². The zero-order chi connectivity index (χ0) is 18.0. The second kappa shape index (κ2) is 7.55. The summed E-state index contributed by atoms with van der Waals surface area (Å²) >= 11 is 6.16. The SMILES string of the molecule is CCOP(=O)(OCC)[C@@H]1CC[C@@H](Cn2cnc3nc(N)nc(Cl)c32)O1. The molecule has 2 atom stereocenters. The molecule has 0 aromatic carbocycles. The molecule has 2 aromatic rings. The van der Waals surface area contributed by atoms with E-state index in [0.717, 1.165) is 6.42 Å². The highest BCUT2D eigenvalue weighted by molar-refractivity contribution is 7.54. The lowest BCUT2D eigenvalue weighted by Crippen LogP contribution is -2.19. The van der Waals surface area contributed by atoms with Gasteiger partial charge in [-0.05, 0) is 26.7 Å². The number of fused-ring (bicyclic) bond motifs is 1. The summed E-state index contributed by atoms with van der Waals surface area (Å²) in [6.45, 7) is 4.66. The van der Waals surface area contributed by atoms with Crippen molar-refractivity contribution in [3.63, 3.8) is 0 Å². The van der Waals surface area contributed by atoms with Crippen molar-refractivity contribution in [2.45, 2.75) is 45.2 Å². The predicted molar refractivity (Wildman–Crippen MR) is 93.5 cm³/mol. The van der Waals surface area contributed by atoms with Gasteiger partial charge in [0, 0.05) is 0 Å². The Kier molecular flexibility index (Phi) is 5.60. The lowest BCUT2D eigenvalue weighted by Gasteiger charge is -2.23. The van der Waals surface area contributed by atoms with Gasteiger partial charge in [-0.3, -0.25) is 4.57 Å². The Hall–Kier alpha value is -1.25. The topological polar surface area (TPSA) is 114 Å². The van der Waals surface area contributed by atoms with E-state index in [-0.39, 0.29) is 17.2 Å². The van der Waals surface area contributed by atoms with Crippen molar-refractivity contribution in [1.82, 2.24) is 19.5 Å². The first kappa shape index (κ1) is 18.5. The molecule has 0 amide bonds. The summed E-state index contributed by atoms with van der Waals surface area (Å²) in [4.78, 5) is 12.2. The summed E-state index contributed by atoms with van der Waals surface area (Å²) in [6, 6.07) is 0. The van der Waals surface area contributed by atoms with Crippen LogP contribution in [0.25, 0.3) is 11.2 Å². The van der Waals surface area contributed by atoms with Crippen LogP contribution in [0.5, 0.6) is 0 Å². The standard InChI is InChI=1S/C14H21ClN5O4P/c1-3-22-25(21,23-4-2)10-6-5-9(24-10)7-20-8-17-13-11(20)12(15)18-14(16)19-13/h8-10H,3-7H2,1-2H3,(H2,16,18,19)/t9-,10+/m0/s1. The number of ether oxygens (including phenoxy) is 1. The molecule has 1 aliphatic heterocycles. The molecule has 2 N–H and O–H groups in total. The molecule has 2 aromatic heterocycles. The molecule has 0 saturated carbocycles. The van der Waals surface area contributed by atoms with Crippen molar-refractivity contribution >= 4 is 36.3 Å². The Morgan fingerprint density at radius 3 is 2.76 bits per heavy atom. The maximum Gasteiger partial charge on any atom is 0.359 e. The second-order valence-corrected chi connectivity index (χ2v) is 8.14. The number of rotatable bonds is 7. The number of halogens is 1. The summed E-state index contributed by atoms with van der Waals surface area (Å²) in [6.07, 6.45) is 2.78. The van der Waals surface area contributed by atoms with Crippen LogP contribution in [-0.4, -0.2) is 44.7 Å². The maximum absolute atomic E-state index is 12.8. The number of hydrogen-bond acceptors (Lipinski definition) is 8. The van der Waals surface area contributed by atoms with Gasteiger partial charge in [0.05, 0.1) is 32.2 Å². The van der Waals surface area contributed by atoms with E-state index < -0.39 is 13.4 Å². The Balaban J connectivity index is 1.74. The smallest absolute Gasteiger partial charge is 0.359 e. The molecular weight excluding hydrogens is 369 g/mol. The number of nitrogen functional groups attached to an aromatic ring is 1. The lowest BCUT2D eigenvalue weighted by molar-refractivity contribution is 0.0521. The fraction of sp³-hybridized carbons (Fsp3) is 0.643. The molecule has 3 heterocycles. The first-order valence-corrected chi connectivity index (χ1v) is 10.1. The molecule has 25 heavy (non-hydrogen) atoms. The molecule has 0 aliphatic carbocycles. The molecule has 0 bridgehead atoms. The fourth-order valence-corrected chi connectivity index (χ4v) is 5.12. The molecule has 1 aliphatic rings. The molecule has 9 nitrogen and oxygen atoms in total. The minimum absolute atomic E-state index is 0.0781. The summed E-state index contributed by atoms with van der Waals surface area (Å²) in [5.74, 6) is -0.483. The third kappa shape index (κ3) is 3.80. The van der Waals surface area contributed by atoms with Crippen molar-refractivity contribution in [1.29, 1.82) is 0 Å². The third-order valence-corrected chi connectivity index (χ3v) is 6.49. The summed E-state index contributed by atoms with van der Waals surface area (Å²) in [7, 11) is -3.27.